The van der Waals surface area contributed by atoms with Crippen molar-refractivity contribution in [3.05, 3.63) is 33.4 Å². The summed E-state index contributed by atoms with van der Waals surface area (Å²) in [6, 6.07) is 1.54. The molecule has 0 radical (unpaired) electrons. The number of aryl methyl sites for hydroxylation is 1. The zero-order valence-corrected chi connectivity index (χ0v) is 13.9. The molecule has 2 N–H and O–H groups in total. The molecule has 0 aliphatic carbocycles. The Morgan fingerprint density at radius 2 is 2.24 bits per heavy atom. The van der Waals surface area contributed by atoms with E-state index in [9.17, 15) is 19.5 Å². The molecular formula is C16H19N5O4. The van der Waals surface area contributed by atoms with Crippen LogP contribution in [0.5, 0.6) is 0 Å². The molecule has 2 aromatic rings. The minimum Gasteiger partial charge on any atom is -0.465 e. The van der Waals surface area contributed by atoms with Crippen molar-refractivity contribution in [3.8, 4) is 0 Å². The van der Waals surface area contributed by atoms with E-state index in [1.165, 1.54) is 14.3 Å². The first kappa shape index (κ1) is 15.7. The maximum atomic E-state index is 12.7. The van der Waals surface area contributed by atoms with Crippen molar-refractivity contribution in [2.24, 2.45) is 0 Å². The Morgan fingerprint density at radius 3 is 2.96 bits per heavy atom. The average Bonchev–Trinajstić information content (AvgIpc) is 3.28. The molecule has 0 bridgehead atoms. The normalized spacial score (nSPS) is 19.9. The predicted octanol–water partition coefficient (Wildman–Crippen LogP) is 0.683. The van der Waals surface area contributed by atoms with Crippen LogP contribution >= 0.6 is 0 Å². The standard InChI is InChI=1S/C16H19N5O4/c1-2-9-6-12-17-13-11(14(22)21(12)18-9)8-19(15(13)23)7-10-4-3-5-20(10)16(24)25/h6,10,18H,2-5,7-8H2,1H3,(H,24,25)/t10-/m1/s1. The molecule has 2 aromatic heterocycles. The molecule has 1 atom stereocenters. The second kappa shape index (κ2) is 5.61. The Bertz CT molecular complexity index is 930. The van der Waals surface area contributed by atoms with E-state index in [0.29, 0.717) is 24.3 Å². The molecule has 0 spiro atoms. The third kappa shape index (κ3) is 2.38. The third-order valence-corrected chi connectivity index (χ3v) is 5.03. The van der Waals surface area contributed by atoms with Gasteiger partial charge in [-0.05, 0) is 19.3 Å². The van der Waals surface area contributed by atoms with E-state index in [4.69, 9.17) is 0 Å². The van der Waals surface area contributed by atoms with E-state index < -0.39 is 6.09 Å². The Hall–Kier alpha value is -2.84. The SMILES string of the molecule is CCc1cc2nc3c(c(=O)n2[nH]1)CN(C[C@H]1CCCN1C(=O)O)C3=O. The average molecular weight is 345 g/mol. The highest BCUT2D eigenvalue weighted by atomic mass is 16.4. The molecule has 0 saturated carbocycles. The quantitative estimate of drug-likeness (QED) is 0.850. The van der Waals surface area contributed by atoms with Crippen LogP contribution in [0.3, 0.4) is 0 Å². The largest absolute Gasteiger partial charge is 0.465 e. The number of H-pyrrole nitrogens is 1. The van der Waals surface area contributed by atoms with E-state index in [2.05, 4.69) is 10.1 Å². The summed E-state index contributed by atoms with van der Waals surface area (Å²) in [6.45, 7) is 2.91. The van der Waals surface area contributed by atoms with E-state index >= 15 is 0 Å². The highest BCUT2D eigenvalue weighted by Gasteiger charge is 2.37. The number of aromatic amines is 1. The smallest absolute Gasteiger partial charge is 0.407 e. The van der Waals surface area contributed by atoms with Crippen molar-refractivity contribution < 1.29 is 14.7 Å². The molecule has 2 amide bonds. The Kier molecular flexibility index (Phi) is 3.52. The summed E-state index contributed by atoms with van der Waals surface area (Å²) in [5, 5.41) is 12.2. The summed E-state index contributed by atoms with van der Waals surface area (Å²) in [4.78, 5) is 43.9. The van der Waals surface area contributed by atoms with Gasteiger partial charge in [-0.2, -0.15) is 0 Å². The zero-order chi connectivity index (χ0) is 17.7. The molecule has 25 heavy (non-hydrogen) atoms. The number of nitrogens with one attached hydrogen (secondary N) is 1. The first-order chi connectivity index (χ1) is 12.0. The van der Waals surface area contributed by atoms with Crippen LogP contribution in [0.1, 0.15) is 41.5 Å². The van der Waals surface area contributed by atoms with E-state index in [1.807, 2.05) is 6.92 Å². The van der Waals surface area contributed by atoms with Crippen LogP contribution in [0.2, 0.25) is 0 Å². The number of rotatable bonds is 3. The van der Waals surface area contributed by atoms with Crippen LogP contribution < -0.4 is 5.56 Å². The van der Waals surface area contributed by atoms with Gasteiger partial charge in [-0.15, -0.1) is 0 Å². The molecule has 132 valence electrons. The summed E-state index contributed by atoms with van der Waals surface area (Å²) >= 11 is 0. The number of carbonyl (C=O) groups is 2. The minimum absolute atomic E-state index is 0.174. The van der Waals surface area contributed by atoms with E-state index in [0.717, 1.165) is 25.0 Å². The number of aromatic nitrogens is 3. The fourth-order valence-electron chi connectivity index (χ4n) is 3.70. The fraction of sp³-hybridized carbons (Fsp3) is 0.500. The number of amides is 2. The highest BCUT2D eigenvalue weighted by molar-refractivity contribution is 5.96. The van der Waals surface area contributed by atoms with Gasteiger partial charge in [-0.1, -0.05) is 6.92 Å². The van der Waals surface area contributed by atoms with Gasteiger partial charge in [0, 0.05) is 24.8 Å². The van der Waals surface area contributed by atoms with Crippen molar-refractivity contribution >= 4 is 17.6 Å². The summed E-state index contributed by atoms with van der Waals surface area (Å²) in [5.74, 6) is -0.300. The van der Waals surface area contributed by atoms with Crippen LogP contribution in [0, 0.1) is 0 Å². The molecule has 9 nitrogen and oxygen atoms in total. The van der Waals surface area contributed by atoms with Crippen molar-refractivity contribution in [3.63, 3.8) is 0 Å². The van der Waals surface area contributed by atoms with Gasteiger partial charge < -0.3 is 14.9 Å². The molecule has 2 aliphatic heterocycles. The van der Waals surface area contributed by atoms with Crippen LogP contribution in [-0.2, 0) is 13.0 Å². The molecule has 4 rings (SSSR count). The molecule has 1 saturated heterocycles. The second-order valence-electron chi connectivity index (χ2n) is 6.53. The summed E-state index contributed by atoms with van der Waals surface area (Å²) in [6.07, 6.45) is 1.28. The van der Waals surface area contributed by atoms with Gasteiger partial charge in [-0.25, -0.2) is 14.3 Å². The number of hydrogen-bond donors (Lipinski definition) is 2. The molecular weight excluding hydrogens is 326 g/mol. The Labute approximate surface area is 142 Å². The molecule has 1 fully saturated rings. The molecule has 0 unspecified atom stereocenters. The minimum atomic E-state index is -0.967. The van der Waals surface area contributed by atoms with E-state index in [1.54, 1.807) is 6.07 Å². The van der Waals surface area contributed by atoms with Crippen LogP contribution in [0.4, 0.5) is 4.79 Å². The maximum absolute atomic E-state index is 12.7. The monoisotopic (exact) mass is 345 g/mol. The first-order valence-corrected chi connectivity index (χ1v) is 8.42. The molecule has 0 aromatic carbocycles. The molecule has 2 aliphatic rings. The Morgan fingerprint density at radius 1 is 1.44 bits per heavy atom. The van der Waals surface area contributed by atoms with Crippen LogP contribution in [0.15, 0.2) is 10.9 Å². The van der Waals surface area contributed by atoms with Gasteiger partial charge in [0.05, 0.1) is 18.2 Å². The number of carboxylic acid groups (broad SMARTS) is 1. The van der Waals surface area contributed by atoms with Gasteiger partial charge in [0.2, 0.25) is 0 Å². The van der Waals surface area contributed by atoms with Crippen LogP contribution in [-0.4, -0.2) is 60.6 Å². The third-order valence-electron chi connectivity index (χ3n) is 5.03. The molecule has 9 heteroatoms. The van der Waals surface area contributed by atoms with Crippen LogP contribution in [0.25, 0.3) is 5.65 Å². The first-order valence-electron chi connectivity index (χ1n) is 8.42. The second-order valence-corrected chi connectivity index (χ2v) is 6.53. The lowest BCUT2D eigenvalue weighted by Gasteiger charge is -2.26. The number of nitrogens with zero attached hydrogens (tertiary/aromatic N) is 4. The highest BCUT2D eigenvalue weighted by Crippen LogP contribution is 2.24. The van der Waals surface area contributed by atoms with Gasteiger partial charge in [0.25, 0.3) is 11.5 Å². The lowest BCUT2D eigenvalue weighted by atomic mass is 10.2. The van der Waals surface area contributed by atoms with Crippen molar-refractivity contribution in [2.75, 3.05) is 13.1 Å². The van der Waals surface area contributed by atoms with Gasteiger partial charge in [0.15, 0.2) is 5.65 Å². The number of likely N-dealkylation sites (tertiary alicyclic amines) is 1. The van der Waals surface area contributed by atoms with Crippen molar-refractivity contribution in [2.45, 2.75) is 38.8 Å². The van der Waals surface area contributed by atoms with E-state index in [-0.39, 0.29) is 29.7 Å². The molecule has 4 heterocycles. The number of carbonyl (C=O) groups excluding carboxylic acids is 1. The zero-order valence-electron chi connectivity index (χ0n) is 13.9. The summed E-state index contributed by atoms with van der Waals surface area (Å²) in [7, 11) is 0. The lowest BCUT2D eigenvalue weighted by molar-refractivity contribution is 0.0716. The lowest BCUT2D eigenvalue weighted by Crippen LogP contribution is -2.42. The predicted molar refractivity (Wildman–Crippen MR) is 87.7 cm³/mol. The maximum Gasteiger partial charge on any atom is 0.407 e. The van der Waals surface area contributed by atoms with Gasteiger partial charge in [0.1, 0.15) is 5.69 Å². The number of hydrogen-bond acceptors (Lipinski definition) is 4. The van der Waals surface area contributed by atoms with Crippen molar-refractivity contribution in [1.29, 1.82) is 0 Å². The fourth-order valence-corrected chi connectivity index (χ4v) is 3.70. The van der Waals surface area contributed by atoms with Gasteiger partial charge in [-0.3, -0.25) is 14.7 Å². The summed E-state index contributed by atoms with van der Waals surface area (Å²) < 4.78 is 1.37. The number of fused-ring (bicyclic) bond motifs is 2. The van der Waals surface area contributed by atoms with Gasteiger partial charge >= 0.3 is 6.09 Å². The summed E-state index contributed by atoms with van der Waals surface area (Å²) in [5.41, 5.74) is 1.60. The topological polar surface area (TPSA) is 111 Å². The Balaban J connectivity index is 1.64. The van der Waals surface area contributed by atoms with Crippen molar-refractivity contribution in [1.82, 2.24) is 24.4 Å².